The number of halogens is 2. The summed E-state index contributed by atoms with van der Waals surface area (Å²) in [6, 6.07) is 12.2. The minimum absolute atomic E-state index is 0.0292. The van der Waals surface area contributed by atoms with Gasteiger partial charge in [0.25, 0.3) is 0 Å². The number of ether oxygens (including phenoxy) is 2. The Morgan fingerprint density at radius 3 is 2.03 bits per heavy atom. The zero-order chi connectivity index (χ0) is 24.6. The molecule has 0 spiro atoms. The number of allylic oxidation sites excluding steroid dienone is 1. The summed E-state index contributed by atoms with van der Waals surface area (Å²) >= 11 is 0. The predicted octanol–water partition coefficient (Wildman–Crippen LogP) is 8.99. The molecule has 0 unspecified atom stereocenters. The molecule has 0 N–H and O–H groups in total. The maximum Gasteiger partial charge on any atom is 0.205 e. The molecule has 2 fully saturated rings. The van der Waals surface area contributed by atoms with E-state index in [0.717, 1.165) is 30.6 Å². The standard InChI is InChI=1S/C31H40F2O2/c1-3-5-22-6-10-24(11-7-22)26-14-16-27(17-15-26)25-12-8-23(9-13-25)21-35-29-19-18-28(34-20-4-2)30(32)31(29)33/h4,6-7,10-11,18-20,23,25-27H,3,5,8-9,12-17,21H2,1-2H3/b20-4+. The van der Waals surface area contributed by atoms with E-state index < -0.39 is 11.6 Å². The molecule has 4 heteroatoms. The third-order valence-electron chi connectivity index (χ3n) is 8.14. The molecule has 0 radical (unpaired) electrons. The van der Waals surface area contributed by atoms with Gasteiger partial charge >= 0.3 is 0 Å². The summed E-state index contributed by atoms with van der Waals surface area (Å²) < 4.78 is 39.3. The van der Waals surface area contributed by atoms with Crippen LogP contribution in [0.3, 0.4) is 0 Å². The van der Waals surface area contributed by atoms with Crippen LogP contribution in [-0.4, -0.2) is 6.61 Å². The van der Waals surface area contributed by atoms with Crippen molar-refractivity contribution in [2.45, 2.75) is 84.0 Å². The summed E-state index contributed by atoms with van der Waals surface area (Å²) in [6.45, 7) is 4.43. The van der Waals surface area contributed by atoms with Crippen molar-refractivity contribution in [2.24, 2.45) is 17.8 Å². The van der Waals surface area contributed by atoms with Gasteiger partial charge in [-0.25, -0.2) is 0 Å². The van der Waals surface area contributed by atoms with E-state index in [0.29, 0.717) is 12.5 Å². The molecule has 190 valence electrons. The van der Waals surface area contributed by atoms with Crippen LogP contribution in [0.1, 0.15) is 88.7 Å². The number of rotatable bonds is 9. The second-order valence-electron chi connectivity index (χ2n) is 10.5. The Bertz CT molecular complexity index is 953. The summed E-state index contributed by atoms with van der Waals surface area (Å²) in [6.07, 6.45) is 15.3. The highest BCUT2D eigenvalue weighted by Gasteiger charge is 2.31. The Morgan fingerprint density at radius 2 is 1.40 bits per heavy atom. The van der Waals surface area contributed by atoms with Crippen LogP contribution in [0, 0.1) is 29.4 Å². The minimum atomic E-state index is -1.00. The Hall–Kier alpha value is -2.36. The van der Waals surface area contributed by atoms with E-state index >= 15 is 0 Å². The lowest BCUT2D eigenvalue weighted by Crippen LogP contribution is -2.27. The largest absolute Gasteiger partial charge is 0.490 e. The van der Waals surface area contributed by atoms with Gasteiger partial charge in [0.2, 0.25) is 11.6 Å². The van der Waals surface area contributed by atoms with Crippen molar-refractivity contribution in [3.05, 3.63) is 71.5 Å². The first-order valence-electron chi connectivity index (χ1n) is 13.6. The van der Waals surface area contributed by atoms with E-state index in [4.69, 9.17) is 9.47 Å². The molecular formula is C31H40F2O2. The number of aryl methyl sites for hydroxylation is 1. The van der Waals surface area contributed by atoms with Gasteiger partial charge in [0, 0.05) is 0 Å². The van der Waals surface area contributed by atoms with Crippen LogP contribution in [0.15, 0.2) is 48.7 Å². The molecule has 2 aliphatic rings. The van der Waals surface area contributed by atoms with E-state index in [1.54, 1.807) is 13.0 Å². The average molecular weight is 483 g/mol. The summed E-state index contributed by atoms with van der Waals surface area (Å²) in [5, 5.41) is 0. The van der Waals surface area contributed by atoms with Gasteiger partial charge in [-0.05, 0) is 112 Å². The molecule has 2 aromatic carbocycles. The van der Waals surface area contributed by atoms with Crippen molar-refractivity contribution in [1.82, 2.24) is 0 Å². The first kappa shape index (κ1) is 25.7. The summed E-state index contributed by atoms with van der Waals surface area (Å²) in [5.74, 6) is 0.631. The van der Waals surface area contributed by atoms with Gasteiger partial charge in [-0.15, -0.1) is 0 Å². The maximum absolute atomic E-state index is 14.4. The quantitative estimate of drug-likeness (QED) is 0.332. The monoisotopic (exact) mass is 482 g/mol. The van der Waals surface area contributed by atoms with E-state index in [1.807, 2.05) is 0 Å². The molecule has 0 amide bonds. The van der Waals surface area contributed by atoms with Gasteiger partial charge < -0.3 is 9.47 Å². The molecule has 0 bridgehead atoms. The van der Waals surface area contributed by atoms with Gasteiger partial charge in [-0.1, -0.05) is 43.7 Å². The third-order valence-corrected chi connectivity index (χ3v) is 8.14. The smallest absolute Gasteiger partial charge is 0.205 e. The zero-order valence-corrected chi connectivity index (χ0v) is 21.3. The highest BCUT2D eigenvalue weighted by molar-refractivity contribution is 5.35. The van der Waals surface area contributed by atoms with Crippen molar-refractivity contribution >= 4 is 0 Å². The Labute approximate surface area is 209 Å². The highest BCUT2D eigenvalue weighted by atomic mass is 19.2. The Balaban J connectivity index is 1.20. The van der Waals surface area contributed by atoms with E-state index in [-0.39, 0.29) is 11.5 Å². The zero-order valence-electron chi connectivity index (χ0n) is 21.3. The van der Waals surface area contributed by atoms with Crippen molar-refractivity contribution in [2.75, 3.05) is 6.61 Å². The van der Waals surface area contributed by atoms with Gasteiger partial charge in [-0.3, -0.25) is 0 Å². The molecule has 35 heavy (non-hydrogen) atoms. The lowest BCUT2D eigenvalue weighted by atomic mass is 9.68. The average Bonchev–Trinajstić information content (AvgIpc) is 2.90. The van der Waals surface area contributed by atoms with Crippen LogP contribution in [0.5, 0.6) is 11.5 Å². The van der Waals surface area contributed by atoms with E-state index in [9.17, 15) is 8.78 Å². The topological polar surface area (TPSA) is 18.5 Å². The SMILES string of the molecule is C/C=C/Oc1ccc(OCC2CCC(C3CCC(c4ccc(CCC)cc4)CC3)CC2)c(F)c1F. The number of hydrogen-bond acceptors (Lipinski definition) is 2. The molecule has 2 nitrogen and oxygen atoms in total. The van der Waals surface area contributed by atoms with Crippen molar-refractivity contribution in [3.8, 4) is 11.5 Å². The van der Waals surface area contributed by atoms with Gasteiger partial charge in [0.15, 0.2) is 11.5 Å². The molecule has 2 aromatic rings. The second kappa shape index (κ2) is 12.6. The van der Waals surface area contributed by atoms with Crippen LogP contribution in [-0.2, 0) is 6.42 Å². The molecule has 0 atom stereocenters. The lowest BCUT2D eigenvalue weighted by molar-refractivity contribution is 0.129. The number of hydrogen-bond donors (Lipinski definition) is 0. The molecule has 0 aromatic heterocycles. The van der Waals surface area contributed by atoms with Gasteiger partial charge in [-0.2, -0.15) is 8.78 Å². The number of benzene rings is 2. The van der Waals surface area contributed by atoms with E-state index in [2.05, 4.69) is 31.2 Å². The summed E-state index contributed by atoms with van der Waals surface area (Å²) in [4.78, 5) is 0. The lowest BCUT2D eigenvalue weighted by Gasteiger charge is -2.38. The fourth-order valence-electron chi connectivity index (χ4n) is 6.06. The van der Waals surface area contributed by atoms with Crippen LogP contribution in [0.4, 0.5) is 8.78 Å². The fourth-order valence-corrected chi connectivity index (χ4v) is 6.06. The summed E-state index contributed by atoms with van der Waals surface area (Å²) in [5.41, 5.74) is 2.98. The third kappa shape index (κ3) is 6.65. The van der Waals surface area contributed by atoms with Gasteiger partial charge in [0.05, 0.1) is 12.9 Å². The van der Waals surface area contributed by atoms with Crippen LogP contribution >= 0.6 is 0 Å². The van der Waals surface area contributed by atoms with Crippen molar-refractivity contribution < 1.29 is 18.3 Å². The normalized spacial score (nSPS) is 25.0. The molecule has 2 saturated carbocycles. The van der Waals surface area contributed by atoms with Crippen LogP contribution in [0.25, 0.3) is 0 Å². The maximum atomic E-state index is 14.4. The molecule has 4 rings (SSSR count). The highest BCUT2D eigenvalue weighted by Crippen LogP contribution is 2.44. The molecule has 2 aliphatic carbocycles. The van der Waals surface area contributed by atoms with Crippen LogP contribution < -0.4 is 9.47 Å². The Morgan fingerprint density at radius 1 is 0.800 bits per heavy atom. The molecule has 0 saturated heterocycles. The van der Waals surface area contributed by atoms with Crippen LogP contribution in [0.2, 0.25) is 0 Å². The first-order chi connectivity index (χ1) is 17.1. The molecular weight excluding hydrogens is 442 g/mol. The van der Waals surface area contributed by atoms with Crippen molar-refractivity contribution in [1.29, 1.82) is 0 Å². The van der Waals surface area contributed by atoms with Gasteiger partial charge in [0.1, 0.15) is 0 Å². The predicted molar refractivity (Wildman–Crippen MR) is 138 cm³/mol. The summed E-state index contributed by atoms with van der Waals surface area (Å²) in [7, 11) is 0. The fraction of sp³-hybridized carbons (Fsp3) is 0.548. The van der Waals surface area contributed by atoms with E-state index in [1.165, 1.54) is 80.9 Å². The Kier molecular flexibility index (Phi) is 9.23. The van der Waals surface area contributed by atoms with Crippen molar-refractivity contribution in [3.63, 3.8) is 0 Å². The molecule has 0 heterocycles. The second-order valence-corrected chi connectivity index (χ2v) is 10.5. The first-order valence-corrected chi connectivity index (χ1v) is 13.6. The minimum Gasteiger partial charge on any atom is -0.490 e. The molecule has 0 aliphatic heterocycles.